The first kappa shape index (κ1) is 14.3. The number of hydrogen-bond acceptors (Lipinski definition) is 2. The van der Waals surface area contributed by atoms with Crippen LogP contribution in [0.25, 0.3) is 0 Å². The summed E-state index contributed by atoms with van der Waals surface area (Å²) in [7, 11) is 0. The molecule has 98 valence electrons. The van der Waals surface area contributed by atoms with Gasteiger partial charge in [0.05, 0.1) is 0 Å². The molecule has 0 aliphatic rings. The zero-order valence-electron chi connectivity index (χ0n) is 9.90. The monoisotopic (exact) mass is 256 g/mol. The van der Waals surface area contributed by atoms with Gasteiger partial charge in [-0.3, -0.25) is 9.59 Å². The minimum atomic E-state index is -3.82. The number of carbonyl (C=O) groups excluding carboxylic acids is 1. The number of aryl methyl sites for hydroxylation is 1. The first-order chi connectivity index (χ1) is 8.35. The van der Waals surface area contributed by atoms with Crippen LogP contribution >= 0.6 is 0 Å². The molecule has 0 saturated heterocycles. The summed E-state index contributed by atoms with van der Waals surface area (Å²) in [5.74, 6) is -8.82. The number of hydrogen-bond donors (Lipinski definition) is 1. The van der Waals surface area contributed by atoms with E-state index in [2.05, 4.69) is 0 Å². The first-order valence-electron chi connectivity index (χ1n) is 5.53. The van der Waals surface area contributed by atoms with E-state index in [-0.39, 0.29) is 12.8 Å². The van der Waals surface area contributed by atoms with Crippen molar-refractivity contribution in [1.82, 2.24) is 0 Å². The Bertz CT molecular complexity index is 429. The molecule has 1 unspecified atom stereocenters. The Labute approximate surface area is 103 Å². The van der Waals surface area contributed by atoms with E-state index in [9.17, 15) is 18.4 Å². The molecule has 1 N–H and O–H groups in total. The number of benzene rings is 1. The van der Waals surface area contributed by atoms with Gasteiger partial charge in [-0.25, -0.2) is 0 Å². The number of aliphatic carboxylic acids is 1. The van der Waals surface area contributed by atoms with Crippen LogP contribution in [0.1, 0.15) is 18.9 Å². The molecule has 5 heteroatoms. The van der Waals surface area contributed by atoms with Crippen LogP contribution in [0.15, 0.2) is 30.3 Å². The number of carbonyl (C=O) groups is 2. The highest BCUT2D eigenvalue weighted by atomic mass is 19.3. The molecule has 1 rings (SSSR count). The molecular weight excluding hydrogens is 242 g/mol. The van der Waals surface area contributed by atoms with E-state index in [0.29, 0.717) is 0 Å². The molecule has 0 spiro atoms. The van der Waals surface area contributed by atoms with Crippen molar-refractivity contribution in [3.63, 3.8) is 0 Å². The van der Waals surface area contributed by atoms with Crippen molar-refractivity contribution in [2.75, 3.05) is 0 Å². The van der Waals surface area contributed by atoms with Crippen LogP contribution in [0.5, 0.6) is 0 Å². The summed E-state index contributed by atoms with van der Waals surface area (Å²) in [6, 6.07) is 8.74. The summed E-state index contributed by atoms with van der Waals surface area (Å²) in [4.78, 5) is 21.9. The van der Waals surface area contributed by atoms with E-state index in [0.717, 1.165) is 12.5 Å². The second-order valence-electron chi connectivity index (χ2n) is 4.09. The average molecular weight is 256 g/mol. The van der Waals surface area contributed by atoms with Crippen LogP contribution in [0, 0.1) is 5.92 Å². The van der Waals surface area contributed by atoms with Crippen LogP contribution in [0.4, 0.5) is 8.78 Å². The van der Waals surface area contributed by atoms with Gasteiger partial charge in [0.1, 0.15) is 5.92 Å². The molecule has 1 atom stereocenters. The van der Waals surface area contributed by atoms with E-state index in [1.807, 2.05) is 0 Å². The van der Waals surface area contributed by atoms with Crippen LogP contribution < -0.4 is 0 Å². The molecule has 1 aromatic carbocycles. The molecule has 0 heterocycles. The number of ketones is 1. The molecule has 0 aliphatic heterocycles. The Morgan fingerprint density at radius 3 is 2.33 bits per heavy atom. The zero-order chi connectivity index (χ0) is 13.8. The van der Waals surface area contributed by atoms with Gasteiger partial charge < -0.3 is 5.11 Å². The first-order valence-corrected chi connectivity index (χ1v) is 5.53. The fourth-order valence-corrected chi connectivity index (χ4v) is 1.47. The third-order valence-electron chi connectivity index (χ3n) is 2.77. The Kier molecular flexibility index (Phi) is 4.53. The molecule has 0 amide bonds. The number of carboxylic acids is 1. The van der Waals surface area contributed by atoms with E-state index in [1.54, 1.807) is 30.3 Å². The molecule has 0 aromatic heterocycles. The van der Waals surface area contributed by atoms with Crippen LogP contribution in [-0.2, 0) is 16.0 Å². The van der Waals surface area contributed by atoms with E-state index < -0.39 is 23.6 Å². The standard InChI is InChI=1S/C13H14F2O3/c1-9(12(17)18)13(14,15)11(16)8-7-10-5-3-2-4-6-10/h2-6,9H,7-8H2,1H3,(H,17,18). The number of carboxylic acid groups (broad SMARTS) is 1. The molecule has 3 nitrogen and oxygen atoms in total. The minimum absolute atomic E-state index is 0.182. The lowest BCUT2D eigenvalue weighted by Crippen LogP contribution is -2.40. The van der Waals surface area contributed by atoms with Crippen molar-refractivity contribution in [3.8, 4) is 0 Å². The maximum atomic E-state index is 13.4. The second kappa shape index (κ2) is 5.71. The average Bonchev–Trinajstić information content (AvgIpc) is 2.35. The van der Waals surface area contributed by atoms with Crippen molar-refractivity contribution in [3.05, 3.63) is 35.9 Å². The van der Waals surface area contributed by atoms with Gasteiger partial charge in [0.2, 0.25) is 5.78 Å². The van der Waals surface area contributed by atoms with E-state index in [1.165, 1.54) is 0 Å². The lowest BCUT2D eigenvalue weighted by molar-refractivity contribution is -0.166. The highest BCUT2D eigenvalue weighted by Gasteiger charge is 2.47. The Morgan fingerprint density at radius 2 is 1.83 bits per heavy atom. The van der Waals surface area contributed by atoms with Crippen LogP contribution in [-0.4, -0.2) is 22.8 Å². The van der Waals surface area contributed by atoms with Gasteiger partial charge >= 0.3 is 11.9 Å². The van der Waals surface area contributed by atoms with Gasteiger partial charge in [-0.15, -0.1) is 0 Å². The topological polar surface area (TPSA) is 54.4 Å². The number of halogens is 2. The molecule has 0 saturated carbocycles. The summed E-state index contributed by atoms with van der Waals surface area (Å²) in [6.07, 6.45) is -0.184. The number of Topliss-reactive ketones (excluding diaryl/α,β-unsaturated/α-hetero) is 1. The molecule has 1 aromatic rings. The molecule has 0 bridgehead atoms. The van der Waals surface area contributed by atoms with Crippen LogP contribution in [0.2, 0.25) is 0 Å². The highest BCUT2D eigenvalue weighted by Crippen LogP contribution is 2.27. The molecule has 18 heavy (non-hydrogen) atoms. The summed E-state index contributed by atoms with van der Waals surface area (Å²) < 4.78 is 26.9. The van der Waals surface area contributed by atoms with Crippen molar-refractivity contribution < 1.29 is 23.5 Å². The smallest absolute Gasteiger partial charge is 0.318 e. The van der Waals surface area contributed by atoms with Gasteiger partial charge in [-0.2, -0.15) is 8.78 Å². The van der Waals surface area contributed by atoms with Gasteiger partial charge in [0, 0.05) is 6.42 Å². The van der Waals surface area contributed by atoms with Crippen molar-refractivity contribution in [2.24, 2.45) is 5.92 Å². The molecular formula is C13H14F2O3. The fraction of sp³-hybridized carbons (Fsp3) is 0.385. The maximum Gasteiger partial charge on any atom is 0.318 e. The highest BCUT2D eigenvalue weighted by molar-refractivity contribution is 5.90. The minimum Gasteiger partial charge on any atom is -0.481 e. The number of rotatable bonds is 6. The van der Waals surface area contributed by atoms with Crippen molar-refractivity contribution in [1.29, 1.82) is 0 Å². The van der Waals surface area contributed by atoms with E-state index in [4.69, 9.17) is 5.11 Å². The summed E-state index contributed by atoms with van der Waals surface area (Å²) in [6.45, 7) is 0.836. The SMILES string of the molecule is CC(C(=O)O)C(F)(F)C(=O)CCc1ccccc1. The van der Waals surface area contributed by atoms with Crippen LogP contribution in [0.3, 0.4) is 0 Å². The van der Waals surface area contributed by atoms with E-state index >= 15 is 0 Å². The molecule has 0 radical (unpaired) electrons. The van der Waals surface area contributed by atoms with Crippen molar-refractivity contribution >= 4 is 11.8 Å². The third kappa shape index (κ3) is 3.35. The van der Waals surface area contributed by atoms with Gasteiger partial charge in [0.25, 0.3) is 0 Å². The Morgan fingerprint density at radius 1 is 1.28 bits per heavy atom. The lowest BCUT2D eigenvalue weighted by atomic mass is 9.96. The quantitative estimate of drug-likeness (QED) is 0.851. The number of alkyl halides is 2. The van der Waals surface area contributed by atoms with Gasteiger partial charge in [-0.1, -0.05) is 30.3 Å². The normalized spacial score (nSPS) is 13.1. The zero-order valence-corrected chi connectivity index (χ0v) is 9.90. The maximum absolute atomic E-state index is 13.4. The molecule has 0 aliphatic carbocycles. The summed E-state index contributed by atoms with van der Waals surface area (Å²) in [5.41, 5.74) is 0.768. The Balaban J connectivity index is 2.63. The lowest BCUT2D eigenvalue weighted by Gasteiger charge is -2.18. The van der Waals surface area contributed by atoms with Gasteiger partial charge in [0.15, 0.2) is 0 Å². The summed E-state index contributed by atoms with van der Waals surface area (Å²) in [5, 5.41) is 8.52. The van der Waals surface area contributed by atoms with Crippen molar-refractivity contribution in [2.45, 2.75) is 25.7 Å². The van der Waals surface area contributed by atoms with Gasteiger partial charge in [-0.05, 0) is 18.9 Å². The Hall–Kier alpha value is -1.78. The third-order valence-corrected chi connectivity index (χ3v) is 2.77. The molecule has 0 fully saturated rings. The second-order valence-corrected chi connectivity index (χ2v) is 4.09. The summed E-state index contributed by atoms with van der Waals surface area (Å²) >= 11 is 0. The predicted octanol–water partition coefficient (Wildman–Crippen LogP) is 2.54. The predicted molar refractivity (Wildman–Crippen MR) is 61.5 cm³/mol. The fourth-order valence-electron chi connectivity index (χ4n) is 1.47. The largest absolute Gasteiger partial charge is 0.481 e.